The fraction of sp³-hybridized carbons (Fsp3) is 0.333. The molecule has 0 fully saturated rings. The zero-order chi connectivity index (χ0) is 16.3. The van der Waals surface area contributed by atoms with E-state index in [0.29, 0.717) is 16.4 Å². The van der Waals surface area contributed by atoms with Crippen LogP contribution >= 0.6 is 11.6 Å². The number of benzene rings is 1. The van der Waals surface area contributed by atoms with Gasteiger partial charge < -0.3 is 15.5 Å². The maximum Gasteiger partial charge on any atom is 0.323 e. The third-order valence-corrected chi connectivity index (χ3v) is 3.31. The average molecular weight is 322 g/mol. The molecule has 2 N–H and O–H groups in total. The molecule has 2 rings (SSSR count). The van der Waals surface area contributed by atoms with E-state index in [1.54, 1.807) is 29.2 Å². The van der Waals surface area contributed by atoms with Crippen LogP contribution in [0.25, 0.3) is 0 Å². The number of anilines is 3. The van der Waals surface area contributed by atoms with Gasteiger partial charge in [0, 0.05) is 31.4 Å². The highest BCUT2D eigenvalue weighted by molar-refractivity contribution is 6.31. The molecule has 0 saturated carbocycles. The fourth-order valence-electron chi connectivity index (χ4n) is 1.97. The van der Waals surface area contributed by atoms with E-state index in [-0.39, 0.29) is 12.1 Å². The molecule has 1 heterocycles. The number of carbonyl (C=O) groups is 1. The summed E-state index contributed by atoms with van der Waals surface area (Å²) in [6.07, 6.45) is 3.40. The summed E-state index contributed by atoms with van der Waals surface area (Å²) in [6.45, 7) is 4.04. The predicted molar refractivity (Wildman–Crippen MR) is 91.0 cm³/mol. The first-order valence-corrected chi connectivity index (χ1v) is 7.33. The van der Waals surface area contributed by atoms with Gasteiger partial charge in [0.25, 0.3) is 0 Å². The van der Waals surface area contributed by atoms with Gasteiger partial charge in [0.05, 0.1) is 23.3 Å². The standard InChI is InChI=1S/C15H20ClN5O/c1-10(2)21-9-12(8-17-21)18-15(22)19-13-7-11(16)5-6-14(13)20(3)4/h5-10H,1-4H3,(H2,18,19,22). The van der Waals surface area contributed by atoms with E-state index in [0.717, 1.165) is 5.69 Å². The third kappa shape index (κ3) is 3.92. The topological polar surface area (TPSA) is 62.2 Å². The van der Waals surface area contributed by atoms with Crippen LogP contribution in [0.5, 0.6) is 0 Å². The maximum absolute atomic E-state index is 12.1. The molecule has 0 aliphatic heterocycles. The summed E-state index contributed by atoms with van der Waals surface area (Å²) in [4.78, 5) is 14.0. The van der Waals surface area contributed by atoms with Crippen molar-refractivity contribution in [2.45, 2.75) is 19.9 Å². The molecule has 118 valence electrons. The van der Waals surface area contributed by atoms with Crippen molar-refractivity contribution in [2.75, 3.05) is 29.6 Å². The van der Waals surface area contributed by atoms with Gasteiger partial charge in [-0.05, 0) is 32.0 Å². The average Bonchev–Trinajstić information content (AvgIpc) is 2.86. The van der Waals surface area contributed by atoms with Crippen molar-refractivity contribution < 1.29 is 4.79 Å². The Morgan fingerprint density at radius 2 is 2.05 bits per heavy atom. The van der Waals surface area contributed by atoms with Crippen molar-refractivity contribution in [3.05, 3.63) is 35.6 Å². The van der Waals surface area contributed by atoms with Gasteiger partial charge in [0.1, 0.15) is 0 Å². The number of amides is 2. The fourth-order valence-corrected chi connectivity index (χ4v) is 2.14. The van der Waals surface area contributed by atoms with E-state index < -0.39 is 0 Å². The Hall–Kier alpha value is -2.21. The van der Waals surface area contributed by atoms with Crippen LogP contribution < -0.4 is 15.5 Å². The largest absolute Gasteiger partial charge is 0.376 e. The van der Waals surface area contributed by atoms with E-state index in [1.807, 2.05) is 38.9 Å². The Morgan fingerprint density at radius 1 is 1.32 bits per heavy atom. The lowest BCUT2D eigenvalue weighted by Crippen LogP contribution is -2.21. The lowest BCUT2D eigenvalue weighted by molar-refractivity contribution is 0.262. The molecular formula is C15H20ClN5O. The second-order valence-electron chi connectivity index (χ2n) is 5.44. The molecule has 6 nitrogen and oxygen atoms in total. The van der Waals surface area contributed by atoms with Crippen LogP contribution in [-0.2, 0) is 0 Å². The lowest BCUT2D eigenvalue weighted by atomic mass is 10.2. The Labute approximate surface area is 135 Å². The summed E-state index contributed by atoms with van der Waals surface area (Å²) in [5.74, 6) is 0. The Bertz CT molecular complexity index is 666. The second kappa shape index (κ2) is 6.70. The SMILES string of the molecule is CC(C)n1cc(NC(=O)Nc2cc(Cl)ccc2N(C)C)cn1. The minimum atomic E-state index is -0.339. The number of hydrogen-bond acceptors (Lipinski definition) is 3. The van der Waals surface area contributed by atoms with Gasteiger partial charge in [0.15, 0.2) is 0 Å². The van der Waals surface area contributed by atoms with Crippen molar-refractivity contribution in [3.63, 3.8) is 0 Å². The lowest BCUT2D eigenvalue weighted by Gasteiger charge is -2.18. The molecule has 2 amide bonds. The monoisotopic (exact) mass is 321 g/mol. The number of nitrogens with zero attached hydrogens (tertiary/aromatic N) is 3. The van der Waals surface area contributed by atoms with Gasteiger partial charge in [-0.3, -0.25) is 4.68 Å². The number of hydrogen-bond donors (Lipinski definition) is 2. The number of aromatic nitrogens is 2. The van der Waals surface area contributed by atoms with Crippen molar-refractivity contribution in [1.29, 1.82) is 0 Å². The van der Waals surface area contributed by atoms with Gasteiger partial charge in [-0.1, -0.05) is 11.6 Å². The number of nitrogens with one attached hydrogen (secondary N) is 2. The smallest absolute Gasteiger partial charge is 0.323 e. The van der Waals surface area contributed by atoms with Crippen molar-refractivity contribution in [3.8, 4) is 0 Å². The van der Waals surface area contributed by atoms with Gasteiger partial charge in [0.2, 0.25) is 0 Å². The molecule has 0 unspecified atom stereocenters. The van der Waals surface area contributed by atoms with E-state index in [9.17, 15) is 4.79 Å². The van der Waals surface area contributed by atoms with Gasteiger partial charge >= 0.3 is 6.03 Å². The quantitative estimate of drug-likeness (QED) is 0.899. The van der Waals surface area contributed by atoms with Crippen molar-refractivity contribution >= 4 is 34.7 Å². The van der Waals surface area contributed by atoms with E-state index in [1.165, 1.54) is 0 Å². The highest BCUT2D eigenvalue weighted by atomic mass is 35.5. The summed E-state index contributed by atoms with van der Waals surface area (Å²) >= 11 is 6.00. The molecule has 0 aliphatic carbocycles. The molecule has 0 spiro atoms. The summed E-state index contributed by atoms with van der Waals surface area (Å²) in [6, 6.07) is 5.26. The molecule has 7 heteroatoms. The highest BCUT2D eigenvalue weighted by Crippen LogP contribution is 2.27. The number of urea groups is 1. The van der Waals surface area contributed by atoms with E-state index in [2.05, 4.69) is 15.7 Å². The zero-order valence-electron chi connectivity index (χ0n) is 13.1. The summed E-state index contributed by atoms with van der Waals surface area (Å²) in [5, 5.41) is 10.3. The third-order valence-electron chi connectivity index (χ3n) is 3.08. The minimum Gasteiger partial charge on any atom is -0.376 e. The van der Waals surface area contributed by atoms with Gasteiger partial charge in [-0.15, -0.1) is 0 Å². The summed E-state index contributed by atoms with van der Waals surface area (Å²) in [5.41, 5.74) is 2.16. The molecule has 0 bridgehead atoms. The van der Waals surface area contributed by atoms with Gasteiger partial charge in [-0.2, -0.15) is 5.10 Å². The first kappa shape index (κ1) is 16.2. The van der Waals surface area contributed by atoms with Crippen LogP contribution in [0.4, 0.5) is 21.9 Å². The Morgan fingerprint density at radius 3 is 2.64 bits per heavy atom. The van der Waals surface area contributed by atoms with Crippen LogP contribution in [-0.4, -0.2) is 29.9 Å². The molecule has 0 atom stereocenters. The van der Waals surface area contributed by atoms with Gasteiger partial charge in [-0.25, -0.2) is 4.79 Å². The number of halogens is 1. The van der Waals surface area contributed by atoms with Crippen LogP contribution in [0, 0.1) is 0 Å². The minimum absolute atomic E-state index is 0.242. The first-order valence-electron chi connectivity index (χ1n) is 6.96. The highest BCUT2D eigenvalue weighted by Gasteiger charge is 2.10. The second-order valence-corrected chi connectivity index (χ2v) is 5.87. The van der Waals surface area contributed by atoms with Crippen LogP contribution in [0.1, 0.15) is 19.9 Å². The Balaban J connectivity index is 2.10. The van der Waals surface area contributed by atoms with E-state index in [4.69, 9.17) is 11.6 Å². The molecule has 1 aromatic heterocycles. The molecule has 22 heavy (non-hydrogen) atoms. The maximum atomic E-state index is 12.1. The predicted octanol–water partition coefficient (Wildman–Crippen LogP) is 3.83. The zero-order valence-corrected chi connectivity index (χ0v) is 13.8. The van der Waals surface area contributed by atoms with E-state index >= 15 is 0 Å². The number of carbonyl (C=O) groups excluding carboxylic acids is 1. The summed E-state index contributed by atoms with van der Waals surface area (Å²) in [7, 11) is 3.80. The molecule has 0 saturated heterocycles. The molecule has 0 aliphatic rings. The van der Waals surface area contributed by atoms with Crippen molar-refractivity contribution in [2.24, 2.45) is 0 Å². The Kier molecular flexibility index (Phi) is 4.92. The molecule has 2 aromatic rings. The normalized spacial score (nSPS) is 10.6. The number of rotatable bonds is 4. The molecular weight excluding hydrogens is 302 g/mol. The van der Waals surface area contributed by atoms with Crippen LogP contribution in [0.2, 0.25) is 5.02 Å². The summed E-state index contributed by atoms with van der Waals surface area (Å²) < 4.78 is 1.78. The van der Waals surface area contributed by atoms with Crippen LogP contribution in [0.15, 0.2) is 30.6 Å². The van der Waals surface area contributed by atoms with Crippen LogP contribution in [0.3, 0.4) is 0 Å². The first-order chi connectivity index (χ1) is 10.4. The molecule has 0 radical (unpaired) electrons. The van der Waals surface area contributed by atoms with Crippen molar-refractivity contribution in [1.82, 2.24) is 9.78 Å². The molecule has 1 aromatic carbocycles.